The summed E-state index contributed by atoms with van der Waals surface area (Å²) in [6.07, 6.45) is -2.54. The molecule has 1 aliphatic carbocycles. The quantitative estimate of drug-likeness (QED) is 0.430. The van der Waals surface area contributed by atoms with E-state index in [1.165, 1.54) is 4.90 Å². The van der Waals surface area contributed by atoms with E-state index in [1.807, 2.05) is 31.1 Å². The number of hydrogen-bond acceptors (Lipinski definition) is 4. The minimum Gasteiger partial charge on any atom is -0.383 e. The molecule has 36 heavy (non-hydrogen) atoms. The van der Waals surface area contributed by atoms with E-state index in [2.05, 4.69) is 11.9 Å². The molecule has 1 N–H and O–H groups in total. The third-order valence-electron chi connectivity index (χ3n) is 6.27. The van der Waals surface area contributed by atoms with Crippen LogP contribution in [0.15, 0.2) is 35.9 Å². The fourth-order valence-electron chi connectivity index (χ4n) is 4.34. The molecular weight excluding hydrogens is 478 g/mol. The van der Waals surface area contributed by atoms with Crippen LogP contribution in [0.25, 0.3) is 12.8 Å². The second kappa shape index (κ2) is 11.3. The molecule has 0 radical (unpaired) electrons. The predicted molar refractivity (Wildman–Crippen MR) is 129 cm³/mol. The Labute approximate surface area is 207 Å². The van der Waals surface area contributed by atoms with Gasteiger partial charge in [0.05, 0.1) is 18.1 Å². The number of benzene rings is 1. The number of ether oxygens (including phenoxy) is 1. The van der Waals surface area contributed by atoms with Crippen LogP contribution in [-0.4, -0.2) is 80.9 Å². The van der Waals surface area contributed by atoms with Crippen molar-refractivity contribution in [2.75, 3.05) is 46.9 Å². The third kappa shape index (κ3) is 6.54. The molecule has 0 bridgehead atoms. The molecule has 0 saturated carbocycles. The van der Waals surface area contributed by atoms with E-state index in [0.717, 1.165) is 28.2 Å². The zero-order chi connectivity index (χ0) is 26.6. The Morgan fingerprint density at radius 3 is 2.61 bits per heavy atom. The Morgan fingerprint density at radius 2 is 2.00 bits per heavy atom. The maximum atomic E-state index is 14.3. The summed E-state index contributed by atoms with van der Waals surface area (Å²) in [5.74, 6) is -1.83. The summed E-state index contributed by atoms with van der Waals surface area (Å²) in [5.41, 5.74) is 0.278. The number of methoxy groups -OCH3 is 1. The topological polar surface area (TPSA) is 61.9 Å². The van der Waals surface area contributed by atoms with Crippen molar-refractivity contribution in [2.24, 2.45) is 11.8 Å². The predicted octanol–water partition coefficient (Wildman–Crippen LogP) is 1.92. The van der Waals surface area contributed by atoms with Crippen LogP contribution in [0.2, 0.25) is 0 Å². The van der Waals surface area contributed by atoms with Gasteiger partial charge in [-0.15, -0.1) is 0 Å². The molecule has 1 aromatic carbocycles. The molecule has 10 heteroatoms. The fraction of sp³-hybridized carbons (Fsp3) is 0.462. The van der Waals surface area contributed by atoms with Crippen LogP contribution in [0.3, 0.4) is 0 Å². The number of likely N-dealkylation sites (tertiary alicyclic amines) is 1. The zero-order valence-corrected chi connectivity index (χ0v) is 20.6. The second-order valence-electron chi connectivity index (χ2n) is 9.24. The highest BCUT2D eigenvalue weighted by molar-refractivity contribution is 5.95. The van der Waals surface area contributed by atoms with Crippen molar-refractivity contribution in [2.45, 2.75) is 19.3 Å². The molecular formula is C26H31F4N3O3. The largest absolute Gasteiger partial charge is 0.416 e. The molecule has 2 atom stereocenters. The summed E-state index contributed by atoms with van der Waals surface area (Å²) in [5, 5.41) is 4.36. The molecule has 3 rings (SSSR count). The van der Waals surface area contributed by atoms with Gasteiger partial charge in [0, 0.05) is 58.0 Å². The van der Waals surface area contributed by atoms with Crippen molar-refractivity contribution in [3.63, 3.8) is 0 Å². The van der Waals surface area contributed by atoms with E-state index in [0.29, 0.717) is 44.4 Å². The number of carbonyl (C=O) groups excluding carboxylic acids is 2. The molecule has 0 spiro atoms. The SMILES string of the molecule is C=c1cc(C)c(C(=O)NCCOC)c/c1=C/N(C)CC1CN(C(=O)C2C=CC(C(F)(F)F)=CC2F)C1. The summed E-state index contributed by atoms with van der Waals surface area (Å²) in [6.45, 7) is 8.10. The lowest BCUT2D eigenvalue weighted by molar-refractivity contribution is -0.142. The first-order valence-corrected chi connectivity index (χ1v) is 11.6. The third-order valence-corrected chi connectivity index (χ3v) is 6.27. The van der Waals surface area contributed by atoms with Gasteiger partial charge in [-0.3, -0.25) is 9.59 Å². The van der Waals surface area contributed by atoms with Crippen molar-refractivity contribution in [1.29, 1.82) is 0 Å². The Hall–Kier alpha value is -3.14. The van der Waals surface area contributed by atoms with Gasteiger partial charge in [0.1, 0.15) is 6.17 Å². The van der Waals surface area contributed by atoms with E-state index in [9.17, 15) is 27.2 Å². The molecule has 1 heterocycles. The van der Waals surface area contributed by atoms with E-state index >= 15 is 0 Å². The van der Waals surface area contributed by atoms with Crippen molar-refractivity contribution in [3.05, 3.63) is 57.5 Å². The number of aryl methyl sites for hydroxylation is 1. The lowest BCUT2D eigenvalue weighted by Crippen LogP contribution is -2.55. The number of rotatable bonds is 8. The van der Waals surface area contributed by atoms with Crippen LogP contribution >= 0.6 is 0 Å². The van der Waals surface area contributed by atoms with Crippen LogP contribution in [0.4, 0.5) is 17.6 Å². The van der Waals surface area contributed by atoms with E-state index in [-0.39, 0.29) is 11.8 Å². The minimum absolute atomic E-state index is 0.123. The number of alkyl halides is 4. The highest BCUT2D eigenvalue weighted by Gasteiger charge is 2.41. The van der Waals surface area contributed by atoms with Gasteiger partial charge in [0.2, 0.25) is 5.91 Å². The molecule has 196 valence electrons. The second-order valence-corrected chi connectivity index (χ2v) is 9.24. The maximum absolute atomic E-state index is 14.3. The van der Waals surface area contributed by atoms with Gasteiger partial charge < -0.3 is 19.9 Å². The first-order valence-electron chi connectivity index (χ1n) is 11.6. The van der Waals surface area contributed by atoms with Crippen molar-refractivity contribution < 1.29 is 31.9 Å². The van der Waals surface area contributed by atoms with Crippen LogP contribution in [-0.2, 0) is 9.53 Å². The van der Waals surface area contributed by atoms with Crippen molar-refractivity contribution >= 4 is 24.6 Å². The van der Waals surface area contributed by atoms with Gasteiger partial charge >= 0.3 is 6.18 Å². The first kappa shape index (κ1) is 27.4. The highest BCUT2D eigenvalue weighted by Crippen LogP contribution is 2.33. The Morgan fingerprint density at radius 1 is 1.31 bits per heavy atom. The number of nitrogens with zero attached hydrogens (tertiary/aromatic N) is 2. The lowest BCUT2D eigenvalue weighted by Gasteiger charge is -2.42. The van der Waals surface area contributed by atoms with Crippen molar-refractivity contribution in [1.82, 2.24) is 15.1 Å². The zero-order valence-electron chi connectivity index (χ0n) is 20.6. The van der Waals surface area contributed by atoms with Gasteiger partial charge in [-0.05, 0) is 35.1 Å². The monoisotopic (exact) mass is 509 g/mol. The standard InChI is InChI=1S/C26H31F4N3O3/c1-16-9-17(2)22(24(34)31-7-8-36-4)10-19(16)15-32(3)12-18-13-33(14-18)25(35)21-6-5-20(11-23(21)27)26(28,29)30/h5-6,9-11,15,18,21,23H,1,7-8,12-14H2,2-4H3,(H,31,34)/b19-15-. The smallest absolute Gasteiger partial charge is 0.383 e. The molecule has 1 fully saturated rings. The number of carbonyl (C=O) groups is 2. The molecule has 1 saturated heterocycles. The Kier molecular flexibility index (Phi) is 8.60. The molecule has 1 aromatic rings. The number of halogens is 4. The summed E-state index contributed by atoms with van der Waals surface area (Å²) in [4.78, 5) is 28.5. The van der Waals surface area contributed by atoms with Crippen molar-refractivity contribution in [3.8, 4) is 0 Å². The molecule has 6 nitrogen and oxygen atoms in total. The average Bonchev–Trinajstić information content (AvgIpc) is 2.76. The van der Waals surface area contributed by atoms with E-state index < -0.39 is 29.7 Å². The normalized spacial score (nSPS) is 20.7. The number of nitrogens with one attached hydrogen (secondary N) is 1. The lowest BCUT2D eigenvalue weighted by atomic mass is 9.90. The van der Waals surface area contributed by atoms with E-state index in [4.69, 9.17) is 4.74 Å². The fourth-order valence-corrected chi connectivity index (χ4v) is 4.34. The van der Waals surface area contributed by atoms with Crippen LogP contribution in [0.5, 0.6) is 0 Å². The number of hydrogen-bond donors (Lipinski definition) is 1. The van der Waals surface area contributed by atoms with Gasteiger partial charge in [0.25, 0.3) is 5.91 Å². The molecule has 2 aliphatic rings. The summed E-state index contributed by atoms with van der Waals surface area (Å²) in [6, 6.07) is 3.63. The molecule has 2 amide bonds. The number of amides is 2. The Bertz CT molecular complexity index is 1160. The van der Waals surface area contributed by atoms with Gasteiger partial charge in [-0.1, -0.05) is 24.8 Å². The van der Waals surface area contributed by atoms with Crippen LogP contribution in [0.1, 0.15) is 15.9 Å². The van der Waals surface area contributed by atoms with Gasteiger partial charge in [0.15, 0.2) is 0 Å². The molecule has 0 aromatic heterocycles. The number of allylic oxidation sites excluding steroid dienone is 3. The molecule has 1 aliphatic heterocycles. The van der Waals surface area contributed by atoms with Crippen LogP contribution < -0.4 is 15.8 Å². The average molecular weight is 510 g/mol. The molecule has 2 unspecified atom stereocenters. The Balaban J connectivity index is 1.58. The summed E-state index contributed by atoms with van der Waals surface area (Å²) in [7, 11) is 3.43. The summed E-state index contributed by atoms with van der Waals surface area (Å²) >= 11 is 0. The maximum Gasteiger partial charge on any atom is 0.416 e. The minimum atomic E-state index is -4.64. The first-order chi connectivity index (χ1) is 16.9. The van der Waals surface area contributed by atoms with E-state index in [1.54, 1.807) is 13.2 Å². The highest BCUT2D eigenvalue weighted by atomic mass is 19.4. The van der Waals surface area contributed by atoms with Gasteiger partial charge in [-0.2, -0.15) is 13.2 Å². The summed E-state index contributed by atoms with van der Waals surface area (Å²) < 4.78 is 57.5. The van der Waals surface area contributed by atoms with Gasteiger partial charge in [-0.25, -0.2) is 4.39 Å². The van der Waals surface area contributed by atoms with Crippen LogP contribution in [0, 0.1) is 18.8 Å².